The van der Waals surface area contributed by atoms with Crippen molar-refractivity contribution in [3.63, 3.8) is 0 Å². The van der Waals surface area contributed by atoms with Gasteiger partial charge in [0.15, 0.2) is 5.65 Å². The highest BCUT2D eigenvalue weighted by Crippen LogP contribution is 2.21. The van der Waals surface area contributed by atoms with Crippen molar-refractivity contribution in [1.29, 1.82) is 0 Å². The molecule has 1 aliphatic rings. The van der Waals surface area contributed by atoms with Gasteiger partial charge in [0.1, 0.15) is 11.3 Å². The number of nitrogens with zero attached hydrogens (tertiary/aromatic N) is 6. The van der Waals surface area contributed by atoms with E-state index in [1.165, 1.54) is 0 Å². The number of nitrogens with one attached hydrogen (secondary N) is 1. The molecule has 1 aliphatic heterocycles. The fourth-order valence-electron chi connectivity index (χ4n) is 4.32. The largest absolute Gasteiger partial charge is 0.367 e. The van der Waals surface area contributed by atoms with Gasteiger partial charge in [0.25, 0.3) is 5.56 Å². The van der Waals surface area contributed by atoms with E-state index in [4.69, 9.17) is 4.98 Å². The van der Waals surface area contributed by atoms with Crippen LogP contribution in [0.15, 0.2) is 41.5 Å². The van der Waals surface area contributed by atoms with Crippen LogP contribution in [0.2, 0.25) is 0 Å². The van der Waals surface area contributed by atoms with Crippen molar-refractivity contribution in [2.45, 2.75) is 39.8 Å². The van der Waals surface area contributed by atoms with Crippen LogP contribution in [0.4, 0.5) is 5.69 Å². The highest BCUT2D eigenvalue weighted by Gasteiger charge is 2.21. The molecule has 30 heavy (non-hydrogen) atoms. The maximum atomic E-state index is 12.9. The van der Waals surface area contributed by atoms with E-state index < -0.39 is 0 Å². The standard InChI is InChI=1S/C22H25N7O/c1-13-7-19(26-29-11-16(4)24-22(13)29)18-8-21(30)28-12-17(5-6-20(28)25-18)27-9-14(2)23-15(3)10-27/h5-8,11-12,14-15,23H,9-10H2,1-4H3. The molecule has 1 fully saturated rings. The van der Waals surface area contributed by atoms with Crippen LogP contribution in [0, 0.1) is 13.8 Å². The molecule has 0 bridgehead atoms. The molecule has 8 heteroatoms. The predicted molar refractivity (Wildman–Crippen MR) is 117 cm³/mol. The lowest BCUT2D eigenvalue weighted by molar-refractivity contribution is 0.407. The van der Waals surface area contributed by atoms with E-state index in [1.54, 1.807) is 15.0 Å². The fraction of sp³-hybridized carbons (Fsp3) is 0.364. The lowest BCUT2D eigenvalue weighted by Gasteiger charge is -2.37. The van der Waals surface area contributed by atoms with Gasteiger partial charge in [-0.2, -0.15) is 5.10 Å². The summed E-state index contributed by atoms with van der Waals surface area (Å²) in [5.41, 5.74) is 5.46. The molecule has 4 aromatic heterocycles. The maximum Gasteiger partial charge on any atom is 0.258 e. The summed E-state index contributed by atoms with van der Waals surface area (Å²) < 4.78 is 3.36. The summed E-state index contributed by atoms with van der Waals surface area (Å²) in [6.45, 7) is 10.1. The first-order chi connectivity index (χ1) is 14.4. The van der Waals surface area contributed by atoms with Gasteiger partial charge < -0.3 is 10.2 Å². The molecule has 154 valence electrons. The number of anilines is 1. The quantitative estimate of drug-likeness (QED) is 0.553. The van der Waals surface area contributed by atoms with Crippen molar-refractivity contribution >= 4 is 17.0 Å². The third-order valence-electron chi connectivity index (χ3n) is 5.56. The molecule has 5 heterocycles. The summed E-state index contributed by atoms with van der Waals surface area (Å²) in [6.07, 6.45) is 3.77. The minimum absolute atomic E-state index is 0.116. The molecule has 8 nitrogen and oxygen atoms in total. The Bertz CT molecular complexity index is 1310. The first-order valence-electron chi connectivity index (χ1n) is 10.3. The molecular weight excluding hydrogens is 378 g/mol. The van der Waals surface area contributed by atoms with Crippen LogP contribution in [0.1, 0.15) is 25.1 Å². The van der Waals surface area contributed by atoms with Crippen molar-refractivity contribution in [3.8, 4) is 11.4 Å². The van der Waals surface area contributed by atoms with Crippen molar-refractivity contribution < 1.29 is 0 Å². The van der Waals surface area contributed by atoms with Crippen LogP contribution in [0.3, 0.4) is 0 Å². The molecule has 0 amide bonds. The summed E-state index contributed by atoms with van der Waals surface area (Å²) in [6, 6.07) is 8.23. The van der Waals surface area contributed by atoms with Crippen molar-refractivity contribution in [3.05, 3.63) is 58.3 Å². The lowest BCUT2D eigenvalue weighted by Crippen LogP contribution is -2.54. The molecule has 0 spiro atoms. The third-order valence-corrected chi connectivity index (χ3v) is 5.56. The van der Waals surface area contributed by atoms with Gasteiger partial charge in [-0.05, 0) is 51.5 Å². The first kappa shape index (κ1) is 18.7. The second-order valence-corrected chi connectivity index (χ2v) is 8.33. The number of piperazine rings is 1. The van der Waals surface area contributed by atoms with Crippen LogP contribution >= 0.6 is 0 Å². The molecule has 1 saturated heterocycles. The number of fused-ring (bicyclic) bond motifs is 2. The van der Waals surface area contributed by atoms with Crippen LogP contribution < -0.4 is 15.8 Å². The number of rotatable bonds is 2. The normalized spacial score (nSPS) is 19.7. The minimum atomic E-state index is -0.116. The van der Waals surface area contributed by atoms with Gasteiger partial charge in [-0.3, -0.25) is 9.20 Å². The zero-order valence-corrected chi connectivity index (χ0v) is 17.6. The summed E-state index contributed by atoms with van der Waals surface area (Å²) in [5, 5.41) is 8.15. The molecule has 2 atom stereocenters. The molecular formula is C22H25N7O. The zero-order valence-electron chi connectivity index (χ0n) is 17.6. The molecule has 0 aliphatic carbocycles. The van der Waals surface area contributed by atoms with Crippen LogP contribution in [-0.4, -0.2) is 49.2 Å². The second kappa shape index (κ2) is 6.91. The van der Waals surface area contributed by atoms with Gasteiger partial charge in [-0.1, -0.05) is 0 Å². The monoisotopic (exact) mass is 403 g/mol. The van der Waals surface area contributed by atoms with Gasteiger partial charge in [0.05, 0.1) is 23.3 Å². The predicted octanol–water partition coefficient (Wildman–Crippen LogP) is 2.21. The second-order valence-electron chi connectivity index (χ2n) is 8.33. The summed E-state index contributed by atoms with van der Waals surface area (Å²) >= 11 is 0. The van der Waals surface area contributed by atoms with E-state index in [9.17, 15) is 4.79 Å². The Morgan fingerprint density at radius 2 is 1.77 bits per heavy atom. The highest BCUT2D eigenvalue weighted by molar-refractivity contribution is 5.62. The summed E-state index contributed by atoms with van der Waals surface area (Å²) in [5.74, 6) is 0. The van der Waals surface area contributed by atoms with E-state index in [0.29, 0.717) is 29.1 Å². The fourth-order valence-corrected chi connectivity index (χ4v) is 4.32. The Labute approximate surface area is 174 Å². The van der Waals surface area contributed by atoms with Gasteiger partial charge in [-0.15, -0.1) is 0 Å². The molecule has 4 aromatic rings. The number of aryl methyl sites for hydroxylation is 2. The Morgan fingerprint density at radius 1 is 1.00 bits per heavy atom. The topological polar surface area (TPSA) is 79.8 Å². The third kappa shape index (κ3) is 3.23. The van der Waals surface area contributed by atoms with Crippen LogP contribution in [0.5, 0.6) is 0 Å². The Kier molecular flexibility index (Phi) is 4.32. The Morgan fingerprint density at radius 3 is 2.53 bits per heavy atom. The van der Waals surface area contributed by atoms with E-state index in [0.717, 1.165) is 35.7 Å². The summed E-state index contributed by atoms with van der Waals surface area (Å²) in [4.78, 5) is 24.4. The summed E-state index contributed by atoms with van der Waals surface area (Å²) in [7, 11) is 0. The van der Waals surface area contributed by atoms with Gasteiger partial charge in [0.2, 0.25) is 0 Å². The average Bonchev–Trinajstić information content (AvgIpc) is 3.08. The Balaban J connectivity index is 1.57. The SMILES string of the molecule is Cc1cn2nc(-c3cc(=O)n4cc(N5CC(C)NC(C)C5)ccc4n3)cc(C)c2n1. The van der Waals surface area contributed by atoms with Gasteiger partial charge in [-0.25, -0.2) is 14.5 Å². The molecule has 2 unspecified atom stereocenters. The van der Waals surface area contributed by atoms with Gasteiger partial charge >= 0.3 is 0 Å². The molecule has 1 N–H and O–H groups in total. The van der Waals surface area contributed by atoms with Gasteiger partial charge in [0, 0.05) is 37.4 Å². The number of pyridine rings is 1. The molecule has 5 rings (SSSR count). The lowest BCUT2D eigenvalue weighted by atomic mass is 10.1. The van der Waals surface area contributed by atoms with Crippen LogP contribution in [0.25, 0.3) is 22.7 Å². The highest BCUT2D eigenvalue weighted by atomic mass is 16.1. The van der Waals surface area contributed by atoms with Crippen LogP contribution in [-0.2, 0) is 0 Å². The smallest absolute Gasteiger partial charge is 0.258 e. The molecule has 0 radical (unpaired) electrons. The maximum absolute atomic E-state index is 12.9. The number of imidazole rings is 1. The zero-order chi connectivity index (χ0) is 21.0. The van der Waals surface area contributed by atoms with Crippen molar-refractivity contribution in [2.24, 2.45) is 0 Å². The molecule has 0 saturated carbocycles. The molecule has 0 aromatic carbocycles. The number of aromatic nitrogens is 5. The van der Waals surface area contributed by atoms with E-state index in [2.05, 4.69) is 34.1 Å². The van der Waals surface area contributed by atoms with E-state index in [1.807, 2.05) is 44.4 Å². The number of hydrogen-bond acceptors (Lipinski definition) is 6. The van der Waals surface area contributed by atoms with Crippen molar-refractivity contribution in [1.82, 2.24) is 29.3 Å². The Hall–Kier alpha value is -3.26. The van der Waals surface area contributed by atoms with E-state index in [-0.39, 0.29) is 5.56 Å². The average molecular weight is 403 g/mol. The number of hydrogen-bond donors (Lipinski definition) is 1. The first-order valence-corrected chi connectivity index (χ1v) is 10.3. The minimum Gasteiger partial charge on any atom is -0.367 e. The van der Waals surface area contributed by atoms with E-state index >= 15 is 0 Å². The van der Waals surface area contributed by atoms with Crippen molar-refractivity contribution in [2.75, 3.05) is 18.0 Å².